The van der Waals surface area contributed by atoms with Gasteiger partial charge in [0.05, 0.1) is 12.1 Å². The molecule has 3 N–H and O–H groups in total. The van der Waals surface area contributed by atoms with Gasteiger partial charge in [0.25, 0.3) is 0 Å². The van der Waals surface area contributed by atoms with Crippen LogP contribution in [0.25, 0.3) is 0 Å². The van der Waals surface area contributed by atoms with Crippen molar-refractivity contribution >= 4 is 24.1 Å². The first-order valence-corrected chi connectivity index (χ1v) is 6.51. The lowest BCUT2D eigenvalue weighted by Crippen LogP contribution is -2.39. The highest BCUT2D eigenvalue weighted by atomic mass is 32.2. The number of fused-ring (bicyclic) bond motifs is 1. The van der Waals surface area contributed by atoms with Crippen LogP contribution in [-0.4, -0.2) is 40.2 Å². The molecule has 2 amide bonds. The minimum atomic E-state index is -0.514. The Morgan fingerprint density at radius 2 is 2.06 bits per heavy atom. The molecule has 1 unspecified atom stereocenters. The zero-order valence-electron chi connectivity index (χ0n) is 8.89. The van der Waals surface area contributed by atoms with Gasteiger partial charge < -0.3 is 20.5 Å². The van der Waals surface area contributed by atoms with E-state index < -0.39 is 5.44 Å². The largest absolute Gasteiger partial charge is 0.380 e. The minimum absolute atomic E-state index is 0.0312. The van der Waals surface area contributed by atoms with Gasteiger partial charge in [-0.2, -0.15) is 0 Å². The second-order valence-electron chi connectivity index (χ2n) is 4.19. The van der Waals surface area contributed by atoms with E-state index in [-0.39, 0.29) is 23.4 Å². The van der Waals surface area contributed by atoms with E-state index in [1.54, 1.807) is 0 Å². The molecule has 2 aliphatic heterocycles. The topological polar surface area (TPSA) is 78.4 Å². The zero-order chi connectivity index (χ0) is 11.5. The van der Waals surface area contributed by atoms with Gasteiger partial charge in [-0.15, -0.1) is 11.8 Å². The molecule has 6 heteroatoms. The van der Waals surface area contributed by atoms with Crippen LogP contribution in [0.1, 0.15) is 25.7 Å². The maximum Gasteiger partial charge on any atom is 0.315 e. The smallest absolute Gasteiger partial charge is 0.315 e. The summed E-state index contributed by atoms with van der Waals surface area (Å²) in [7, 11) is 0. The third-order valence-electron chi connectivity index (χ3n) is 3.07. The molecule has 0 radical (unpaired) electrons. The molecule has 0 aromatic rings. The molecule has 2 fully saturated rings. The summed E-state index contributed by atoms with van der Waals surface area (Å²) in [4.78, 5) is 21.3. The quantitative estimate of drug-likeness (QED) is 0.367. The average Bonchev–Trinajstić information content (AvgIpc) is 2.75. The Kier molecular flexibility index (Phi) is 3.70. The molecule has 0 aliphatic carbocycles. The number of hydrogen-bond donors (Lipinski definition) is 3. The Morgan fingerprint density at radius 1 is 1.31 bits per heavy atom. The molecule has 0 aromatic carbocycles. The van der Waals surface area contributed by atoms with E-state index in [0.29, 0.717) is 6.42 Å². The van der Waals surface area contributed by atoms with Gasteiger partial charge in [-0.25, -0.2) is 4.79 Å². The van der Waals surface area contributed by atoms with Crippen molar-refractivity contribution in [1.29, 1.82) is 0 Å². The van der Waals surface area contributed by atoms with E-state index in [2.05, 4.69) is 10.6 Å². The molecule has 16 heavy (non-hydrogen) atoms. The number of nitrogens with one attached hydrogen (secondary N) is 2. The van der Waals surface area contributed by atoms with Crippen LogP contribution in [0.15, 0.2) is 0 Å². The normalized spacial score (nSPS) is 36.7. The summed E-state index contributed by atoms with van der Waals surface area (Å²) in [6, 6.07) is -0.315. The van der Waals surface area contributed by atoms with Crippen LogP contribution in [0.2, 0.25) is 0 Å². The summed E-state index contributed by atoms with van der Waals surface area (Å²) < 4.78 is 0. The first-order chi connectivity index (χ1) is 7.72. The number of rotatable bonds is 5. The highest BCUT2D eigenvalue weighted by molar-refractivity contribution is 8.00. The number of carbonyl (C=O) groups excluding carboxylic acids is 2. The van der Waals surface area contributed by atoms with E-state index in [9.17, 15) is 14.7 Å². The number of aliphatic hydroxyl groups is 1. The van der Waals surface area contributed by atoms with Crippen LogP contribution in [0.4, 0.5) is 4.79 Å². The number of thioether (sulfide) groups is 1. The number of aliphatic hydroxyl groups excluding tert-OH is 1. The van der Waals surface area contributed by atoms with Crippen molar-refractivity contribution in [3.63, 3.8) is 0 Å². The fraction of sp³-hybridized carbons (Fsp3) is 0.800. The van der Waals surface area contributed by atoms with Crippen LogP contribution < -0.4 is 10.6 Å². The summed E-state index contributed by atoms with van der Waals surface area (Å²) in [5, 5.41) is 15.6. The Hall–Kier alpha value is -0.750. The standard InChI is InChI=1S/C10H16N2O3S/c13-5-3-1-2-4-6-7-8(9(14)16-6)12-10(15)11-7/h5-9,14H,1-4H2,(H2,11,12,15)/t6-,7+,8+,9?/m0/s1. The third-order valence-corrected chi connectivity index (χ3v) is 4.52. The lowest BCUT2D eigenvalue weighted by molar-refractivity contribution is -0.107. The maximum atomic E-state index is 11.1. The molecule has 5 nitrogen and oxygen atoms in total. The number of hydrogen-bond acceptors (Lipinski definition) is 4. The fourth-order valence-corrected chi connectivity index (χ4v) is 3.74. The first kappa shape index (κ1) is 11.7. The van der Waals surface area contributed by atoms with E-state index >= 15 is 0 Å². The summed E-state index contributed by atoms with van der Waals surface area (Å²) >= 11 is 1.51. The summed E-state index contributed by atoms with van der Waals surface area (Å²) in [5.74, 6) is 0. The first-order valence-electron chi connectivity index (χ1n) is 5.56. The van der Waals surface area contributed by atoms with Crippen LogP contribution in [0.5, 0.6) is 0 Å². The summed E-state index contributed by atoms with van der Waals surface area (Å²) in [5.41, 5.74) is -0.514. The molecule has 4 atom stereocenters. The van der Waals surface area contributed by atoms with Gasteiger partial charge in [0.2, 0.25) is 0 Å². The molecule has 0 bridgehead atoms. The van der Waals surface area contributed by atoms with Gasteiger partial charge in [0.1, 0.15) is 11.7 Å². The highest BCUT2D eigenvalue weighted by Gasteiger charge is 2.48. The van der Waals surface area contributed by atoms with Crippen molar-refractivity contribution in [2.45, 2.75) is 48.5 Å². The van der Waals surface area contributed by atoms with Crippen molar-refractivity contribution in [3.05, 3.63) is 0 Å². The summed E-state index contributed by atoms with van der Waals surface area (Å²) in [6.45, 7) is 0. The van der Waals surface area contributed by atoms with Gasteiger partial charge in [-0.05, 0) is 12.8 Å². The second kappa shape index (κ2) is 5.05. The predicted molar refractivity (Wildman–Crippen MR) is 61.2 cm³/mol. The predicted octanol–water partition coefficient (Wildman–Crippen LogP) is 0.229. The molecule has 2 aliphatic rings. The lowest BCUT2D eigenvalue weighted by atomic mass is 10.0. The SMILES string of the molecule is O=CCCCC[C@@H]1SC(O)[C@@H]2NC(=O)N[C@H]12. The van der Waals surface area contributed by atoms with E-state index in [1.165, 1.54) is 11.8 Å². The van der Waals surface area contributed by atoms with Crippen LogP contribution in [0, 0.1) is 0 Å². The third kappa shape index (κ3) is 2.32. The molecular weight excluding hydrogens is 228 g/mol. The van der Waals surface area contributed by atoms with Gasteiger partial charge >= 0.3 is 6.03 Å². The monoisotopic (exact) mass is 244 g/mol. The van der Waals surface area contributed by atoms with Gasteiger partial charge in [-0.1, -0.05) is 6.42 Å². The molecule has 0 aromatic heterocycles. The molecule has 0 saturated carbocycles. The Balaban J connectivity index is 1.82. The molecule has 2 saturated heterocycles. The van der Waals surface area contributed by atoms with Gasteiger partial charge in [0.15, 0.2) is 0 Å². The molecule has 0 spiro atoms. The Bertz CT molecular complexity index is 287. The summed E-state index contributed by atoms with van der Waals surface area (Å²) in [6.07, 6.45) is 4.30. The van der Waals surface area contributed by atoms with Crippen molar-refractivity contribution in [1.82, 2.24) is 10.6 Å². The van der Waals surface area contributed by atoms with Crippen molar-refractivity contribution in [2.75, 3.05) is 0 Å². The van der Waals surface area contributed by atoms with Crippen molar-refractivity contribution in [3.8, 4) is 0 Å². The molecule has 2 heterocycles. The van der Waals surface area contributed by atoms with E-state index in [0.717, 1.165) is 25.5 Å². The molecular formula is C10H16N2O3S. The van der Waals surface area contributed by atoms with Crippen molar-refractivity contribution in [2.24, 2.45) is 0 Å². The number of aldehydes is 1. The van der Waals surface area contributed by atoms with Gasteiger partial charge in [0, 0.05) is 11.7 Å². The average molecular weight is 244 g/mol. The fourth-order valence-electron chi connectivity index (χ4n) is 2.27. The minimum Gasteiger partial charge on any atom is -0.380 e. The number of urea groups is 1. The second-order valence-corrected chi connectivity index (χ2v) is 5.55. The van der Waals surface area contributed by atoms with Gasteiger partial charge in [-0.3, -0.25) is 0 Å². The Labute approximate surface area is 98.4 Å². The lowest BCUT2D eigenvalue weighted by Gasteiger charge is -2.15. The number of amides is 2. The van der Waals surface area contributed by atoms with Crippen LogP contribution in [-0.2, 0) is 4.79 Å². The van der Waals surface area contributed by atoms with Crippen molar-refractivity contribution < 1.29 is 14.7 Å². The number of carbonyl (C=O) groups is 2. The van der Waals surface area contributed by atoms with E-state index in [4.69, 9.17) is 0 Å². The zero-order valence-corrected chi connectivity index (χ0v) is 9.70. The highest BCUT2D eigenvalue weighted by Crippen LogP contribution is 2.37. The van der Waals surface area contributed by atoms with Crippen LogP contribution >= 0.6 is 11.8 Å². The van der Waals surface area contributed by atoms with Crippen LogP contribution in [0.3, 0.4) is 0 Å². The Morgan fingerprint density at radius 3 is 2.81 bits per heavy atom. The number of unbranched alkanes of at least 4 members (excludes halogenated alkanes) is 2. The maximum absolute atomic E-state index is 11.1. The van der Waals surface area contributed by atoms with E-state index in [1.807, 2.05) is 0 Å². The molecule has 2 rings (SSSR count). The molecule has 90 valence electrons.